The van der Waals surface area contributed by atoms with Crippen LogP contribution in [-0.2, 0) is 0 Å². The molecule has 22 heavy (non-hydrogen) atoms. The van der Waals surface area contributed by atoms with Crippen molar-refractivity contribution < 1.29 is 9.72 Å². The van der Waals surface area contributed by atoms with E-state index in [2.05, 4.69) is 10.5 Å². The summed E-state index contributed by atoms with van der Waals surface area (Å²) in [4.78, 5) is 22.0. The van der Waals surface area contributed by atoms with Gasteiger partial charge in [-0.2, -0.15) is 5.10 Å². The quantitative estimate of drug-likeness (QED) is 0.533. The number of hydrogen-bond donors (Lipinski definition) is 1. The van der Waals surface area contributed by atoms with Crippen molar-refractivity contribution in [1.82, 2.24) is 5.43 Å². The van der Waals surface area contributed by atoms with Crippen molar-refractivity contribution in [1.29, 1.82) is 0 Å². The van der Waals surface area contributed by atoms with Crippen LogP contribution in [0.1, 0.15) is 21.5 Å². The molecule has 0 atom stereocenters. The number of hydrogen-bond acceptors (Lipinski definition) is 4. The van der Waals surface area contributed by atoms with Gasteiger partial charge < -0.3 is 0 Å². The second kappa shape index (κ2) is 6.82. The Labute approximate surface area is 131 Å². The number of hydrazone groups is 1. The number of aryl methyl sites for hydroxylation is 1. The van der Waals surface area contributed by atoms with E-state index in [1.165, 1.54) is 24.4 Å². The summed E-state index contributed by atoms with van der Waals surface area (Å²) in [6, 6.07) is 11.0. The van der Waals surface area contributed by atoms with Crippen molar-refractivity contribution in [3.8, 4) is 0 Å². The van der Waals surface area contributed by atoms with E-state index in [1.807, 2.05) is 19.1 Å². The first-order chi connectivity index (χ1) is 10.5. The molecule has 0 aliphatic heterocycles. The lowest BCUT2D eigenvalue weighted by atomic mass is 10.1. The summed E-state index contributed by atoms with van der Waals surface area (Å²) in [7, 11) is 0. The van der Waals surface area contributed by atoms with E-state index >= 15 is 0 Å². The number of carbonyl (C=O) groups excluding carboxylic acids is 1. The molecule has 1 amide bonds. The number of non-ortho nitro benzene ring substituents is 1. The number of nitro groups is 1. The van der Waals surface area contributed by atoms with Crippen LogP contribution in [0.5, 0.6) is 0 Å². The Kier molecular flexibility index (Phi) is 4.85. The molecule has 0 saturated heterocycles. The molecule has 0 radical (unpaired) electrons. The Balaban J connectivity index is 2.09. The van der Waals surface area contributed by atoms with Crippen LogP contribution in [0.3, 0.4) is 0 Å². The van der Waals surface area contributed by atoms with Crippen LogP contribution in [0.2, 0.25) is 5.02 Å². The highest BCUT2D eigenvalue weighted by Crippen LogP contribution is 2.20. The van der Waals surface area contributed by atoms with Crippen LogP contribution in [0.4, 0.5) is 5.69 Å². The number of benzene rings is 2. The fourth-order valence-electron chi connectivity index (χ4n) is 1.67. The maximum Gasteiger partial charge on any atom is 0.271 e. The molecule has 0 fully saturated rings. The molecule has 0 unspecified atom stereocenters. The van der Waals surface area contributed by atoms with Gasteiger partial charge in [0.05, 0.1) is 11.1 Å². The molecule has 7 heteroatoms. The van der Waals surface area contributed by atoms with E-state index in [4.69, 9.17) is 11.6 Å². The fourth-order valence-corrected chi connectivity index (χ4v) is 1.84. The third kappa shape index (κ3) is 3.89. The van der Waals surface area contributed by atoms with Gasteiger partial charge in [-0.05, 0) is 25.1 Å². The normalized spacial score (nSPS) is 10.6. The van der Waals surface area contributed by atoms with Crippen molar-refractivity contribution >= 4 is 29.4 Å². The van der Waals surface area contributed by atoms with E-state index < -0.39 is 4.92 Å². The molecule has 112 valence electrons. The molecular formula is C15H12ClN3O3. The number of nitrogens with one attached hydrogen (secondary N) is 1. The van der Waals surface area contributed by atoms with Crippen molar-refractivity contribution in [3.05, 3.63) is 74.3 Å². The SMILES string of the molecule is Cc1ccc(C(=O)NN=Cc2cc([N+](=O)[O-])ccc2Cl)cc1. The number of carbonyl (C=O) groups is 1. The van der Waals surface area contributed by atoms with Gasteiger partial charge in [0, 0.05) is 28.3 Å². The highest BCUT2D eigenvalue weighted by Gasteiger charge is 2.08. The Hall–Kier alpha value is -2.73. The van der Waals surface area contributed by atoms with Crippen LogP contribution in [0, 0.1) is 17.0 Å². The highest BCUT2D eigenvalue weighted by molar-refractivity contribution is 6.33. The minimum Gasteiger partial charge on any atom is -0.267 e. The minimum atomic E-state index is -0.529. The van der Waals surface area contributed by atoms with Crippen LogP contribution in [0.25, 0.3) is 0 Å². The number of nitro benzene ring substituents is 1. The Bertz CT molecular complexity index is 742. The van der Waals surface area contributed by atoms with Gasteiger partial charge in [-0.25, -0.2) is 5.43 Å². The zero-order chi connectivity index (χ0) is 16.1. The van der Waals surface area contributed by atoms with Crippen LogP contribution in [-0.4, -0.2) is 17.0 Å². The smallest absolute Gasteiger partial charge is 0.267 e. The minimum absolute atomic E-state index is 0.101. The van der Waals surface area contributed by atoms with Crippen LogP contribution in [0.15, 0.2) is 47.6 Å². The van der Waals surface area contributed by atoms with Gasteiger partial charge >= 0.3 is 0 Å². The topological polar surface area (TPSA) is 84.6 Å². The van der Waals surface area contributed by atoms with Gasteiger partial charge in [0.25, 0.3) is 11.6 Å². The van der Waals surface area contributed by atoms with Crippen molar-refractivity contribution in [2.45, 2.75) is 6.92 Å². The van der Waals surface area contributed by atoms with Crippen molar-refractivity contribution in [2.75, 3.05) is 0 Å². The largest absolute Gasteiger partial charge is 0.271 e. The first kappa shape index (κ1) is 15.7. The lowest BCUT2D eigenvalue weighted by Gasteiger charge is -2.01. The molecular weight excluding hydrogens is 306 g/mol. The van der Waals surface area contributed by atoms with Gasteiger partial charge in [0.2, 0.25) is 0 Å². The zero-order valence-electron chi connectivity index (χ0n) is 11.6. The number of halogens is 1. The average molecular weight is 318 g/mol. The standard InChI is InChI=1S/C15H12ClN3O3/c1-10-2-4-11(5-3-10)15(20)18-17-9-12-8-13(19(21)22)6-7-14(12)16/h2-9H,1H3,(H,18,20). The third-order valence-electron chi connectivity index (χ3n) is 2.87. The van der Waals surface area contributed by atoms with Gasteiger partial charge in [0.1, 0.15) is 0 Å². The second-order valence-electron chi connectivity index (χ2n) is 4.53. The summed E-state index contributed by atoms with van der Waals surface area (Å²) >= 11 is 5.92. The molecule has 0 spiro atoms. The van der Waals surface area contributed by atoms with E-state index in [9.17, 15) is 14.9 Å². The molecule has 0 bridgehead atoms. The Morgan fingerprint density at radius 3 is 2.59 bits per heavy atom. The predicted octanol–water partition coefficient (Wildman–Crippen LogP) is 3.32. The second-order valence-corrected chi connectivity index (χ2v) is 4.94. The van der Waals surface area contributed by atoms with E-state index in [0.717, 1.165) is 5.56 Å². The van der Waals surface area contributed by atoms with Gasteiger partial charge in [-0.3, -0.25) is 14.9 Å². The first-order valence-electron chi connectivity index (χ1n) is 6.31. The summed E-state index contributed by atoms with van der Waals surface area (Å²) in [5.41, 5.74) is 4.10. The van der Waals surface area contributed by atoms with Crippen molar-refractivity contribution in [2.24, 2.45) is 5.10 Å². The Morgan fingerprint density at radius 1 is 1.27 bits per heavy atom. The van der Waals surface area contributed by atoms with Crippen LogP contribution >= 0.6 is 11.6 Å². The molecule has 6 nitrogen and oxygen atoms in total. The third-order valence-corrected chi connectivity index (χ3v) is 3.22. The molecule has 0 aliphatic rings. The molecule has 0 aliphatic carbocycles. The van der Waals surface area contributed by atoms with Gasteiger partial charge in [-0.15, -0.1) is 0 Å². The van der Waals surface area contributed by atoms with E-state index in [1.54, 1.807) is 12.1 Å². The number of nitrogens with zero attached hydrogens (tertiary/aromatic N) is 2. The lowest BCUT2D eigenvalue weighted by Crippen LogP contribution is -2.17. The van der Waals surface area contributed by atoms with Crippen molar-refractivity contribution in [3.63, 3.8) is 0 Å². The maximum absolute atomic E-state index is 11.8. The predicted molar refractivity (Wildman–Crippen MR) is 84.3 cm³/mol. The summed E-state index contributed by atoms with van der Waals surface area (Å²) in [6.45, 7) is 1.92. The maximum atomic E-state index is 11.8. The summed E-state index contributed by atoms with van der Waals surface area (Å²) in [6.07, 6.45) is 1.27. The zero-order valence-corrected chi connectivity index (χ0v) is 12.4. The number of amides is 1. The fraction of sp³-hybridized carbons (Fsp3) is 0.0667. The van der Waals surface area contributed by atoms with Gasteiger partial charge in [0.15, 0.2) is 0 Å². The monoisotopic (exact) mass is 317 g/mol. The molecule has 0 aromatic heterocycles. The lowest BCUT2D eigenvalue weighted by molar-refractivity contribution is -0.384. The van der Waals surface area contributed by atoms with E-state index in [-0.39, 0.29) is 11.6 Å². The average Bonchev–Trinajstić information content (AvgIpc) is 2.49. The Morgan fingerprint density at radius 2 is 1.95 bits per heavy atom. The highest BCUT2D eigenvalue weighted by atomic mass is 35.5. The summed E-state index contributed by atoms with van der Waals surface area (Å²) in [5, 5.41) is 14.8. The molecule has 0 heterocycles. The molecule has 2 aromatic carbocycles. The van der Waals surface area contributed by atoms with Crippen LogP contribution < -0.4 is 5.43 Å². The van der Waals surface area contributed by atoms with Gasteiger partial charge in [-0.1, -0.05) is 29.3 Å². The molecule has 1 N–H and O–H groups in total. The number of rotatable bonds is 4. The summed E-state index contributed by atoms with van der Waals surface area (Å²) < 4.78 is 0. The van der Waals surface area contributed by atoms with E-state index in [0.29, 0.717) is 16.1 Å². The summed E-state index contributed by atoms with van der Waals surface area (Å²) in [5.74, 6) is -0.377. The molecule has 2 rings (SSSR count). The molecule has 0 saturated carbocycles. The first-order valence-corrected chi connectivity index (χ1v) is 6.69. The molecule has 2 aromatic rings.